The first kappa shape index (κ1) is 13.7. The third-order valence-corrected chi connectivity index (χ3v) is 2.79. The van der Waals surface area contributed by atoms with Crippen LogP contribution in [0.3, 0.4) is 0 Å². The van der Waals surface area contributed by atoms with Crippen LogP contribution in [0.2, 0.25) is 0 Å². The van der Waals surface area contributed by atoms with Gasteiger partial charge in [0.25, 0.3) is 5.91 Å². The number of rotatable bonds is 4. The zero-order valence-electron chi connectivity index (χ0n) is 10.2. The lowest BCUT2D eigenvalue weighted by molar-refractivity contribution is 0.0776. The molecule has 1 amide bonds. The Morgan fingerprint density at radius 2 is 2.24 bits per heavy atom. The summed E-state index contributed by atoms with van der Waals surface area (Å²) in [5, 5.41) is 0. The summed E-state index contributed by atoms with van der Waals surface area (Å²) in [6, 6.07) is 5.57. The molecule has 1 aromatic carbocycles. The first-order valence-electron chi connectivity index (χ1n) is 5.62. The molecule has 0 unspecified atom stereocenters. The molecule has 0 fully saturated rings. The van der Waals surface area contributed by atoms with Crippen molar-refractivity contribution in [3.05, 3.63) is 29.3 Å². The molecule has 0 spiro atoms. The van der Waals surface area contributed by atoms with Crippen molar-refractivity contribution in [1.29, 1.82) is 0 Å². The molecule has 90 valence electrons. The Morgan fingerprint density at radius 3 is 2.82 bits per heavy atom. The summed E-state index contributed by atoms with van der Waals surface area (Å²) < 4.78 is 0. The van der Waals surface area contributed by atoms with Crippen LogP contribution in [0, 0.1) is 19.3 Å². The van der Waals surface area contributed by atoms with E-state index in [4.69, 9.17) is 6.42 Å². The molecule has 0 saturated heterocycles. The van der Waals surface area contributed by atoms with Gasteiger partial charge in [-0.2, -0.15) is 0 Å². The van der Waals surface area contributed by atoms with Crippen molar-refractivity contribution in [2.45, 2.75) is 25.2 Å². The summed E-state index contributed by atoms with van der Waals surface area (Å²) in [6.45, 7) is 4.97. The van der Waals surface area contributed by atoms with Crippen LogP contribution in [0.15, 0.2) is 23.1 Å². The number of amides is 1. The predicted octanol–water partition coefficient (Wildman–Crippen LogP) is 2.77. The van der Waals surface area contributed by atoms with E-state index in [9.17, 15) is 4.79 Å². The number of carbonyl (C=O) groups is 1. The molecule has 0 aliphatic heterocycles. The van der Waals surface area contributed by atoms with Crippen LogP contribution in [-0.4, -0.2) is 23.9 Å². The van der Waals surface area contributed by atoms with Gasteiger partial charge < -0.3 is 4.90 Å². The summed E-state index contributed by atoms with van der Waals surface area (Å²) in [5.41, 5.74) is 1.63. The van der Waals surface area contributed by atoms with Gasteiger partial charge in [-0.25, -0.2) is 0 Å². The fourth-order valence-electron chi connectivity index (χ4n) is 1.64. The summed E-state index contributed by atoms with van der Waals surface area (Å²) >= 11 is 4.26. The van der Waals surface area contributed by atoms with E-state index >= 15 is 0 Å². The number of benzene rings is 1. The maximum Gasteiger partial charge on any atom is 0.254 e. The first-order valence-corrected chi connectivity index (χ1v) is 6.07. The van der Waals surface area contributed by atoms with E-state index < -0.39 is 0 Å². The van der Waals surface area contributed by atoms with Gasteiger partial charge in [-0.3, -0.25) is 4.79 Å². The molecule has 0 heterocycles. The van der Waals surface area contributed by atoms with Gasteiger partial charge >= 0.3 is 0 Å². The van der Waals surface area contributed by atoms with Crippen LogP contribution >= 0.6 is 12.6 Å². The van der Waals surface area contributed by atoms with Crippen LogP contribution in [0.5, 0.6) is 0 Å². The Kier molecular flexibility index (Phi) is 5.11. The van der Waals surface area contributed by atoms with E-state index in [1.54, 1.807) is 11.0 Å². The second kappa shape index (κ2) is 6.36. The molecule has 17 heavy (non-hydrogen) atoms. The van der Waals surface area contributed by atoms with E-state index in [0.717, 1.165) is 16.9 Å². The Hall–Kier alpha value is -1.40. The molecule has 0 radical (unpaired) electrons. The summed E-state index contributed by atoms with van der Waals surface area (Å²) in [4.78, 5) is 14.8. The van der Waals surface area contributed by atoms with Crippen molar-refractivity contribution in [2.75, 3.05) is 13.1 Å². The monoisotopic (exact) mass is 247 g/mol. The van der Waals surface area contributed by atoms with E-state index in [2.05, 4.69) is 18.5 Å². The molecule has 0 bridgehead atoms. The number of carbonyl (C=O) groups excluding carboxylic acids is 1. The van der Waals surface area contributed by atoms with Crippen LogP contribution in [0.1, 0.15) is 29.3 Å². The van der Waals surface area contributed by atoms with Crippen molar-refractivity contribution in [2.24, 2.45) is 0 Å². The summed E-state index contributed by atoms with van der Waals surface area (Å²) in [5.74, 6) is 2.51. The maximum atomic E-state index is 12.3. The van der Waals surface area contributed by atoms with E-state index in [1.807, 2.05) is 26.0 Å². The highest BCUT2D eigenvalue weighted by Crippen LogP contribution is 2.16. The highest BCUT2D eigenvalue weighted by atomic mass is 32.1. The van der Waals surface area contributed by atoms with Gasteiger partial charge in [0.2, 0.25) is 0 Å². The second-order valence-corrected chi connectivity index (χ2v) is 4.45. The zero-order valence-corrected chi connectivity index (χ0v) is 11.1. The largest absolute Gasteiger partial charge is 0.328 e. The molecule has 2 nitrogen and oxygen atoms in total. The Morgan fingerprint density at radius 1 is 1.53 bits per heavy atom. The summed E-state index contributed by atoms with van der Waals surface area (Å²) in [7, 11) is 0. The van der Waals surface area contributed by atoms with Gasteiger partial charge in [0.1, 0.15) is 0 Å². The molecule has 0 aliphatic carbocycles. The number of thiol groups is 1. The molecule has 3 heteroatoms. The number of hydrogen-bond acceptors (Lipinski definition) is 2. The van der Waals surface area contributed by atoms with Gasteiger partial charge in [-0.15, -0.1) is 19.1 Å². The number of hydrogen-bond donors (Lipinski definition) is 1. The minimum absolute atomic E-state index is 0.0156. The van der Waals surface area contributed by atoms with Crippen LogP contribution in [0.4, 0.5) is 0 Å². The molecule has 0 aromatic heterocycles. The van der Waals surface area contributed by atoms with Crippen molar-refractivity contribution in [3.63, 3.8) is 0 Å². The van der Waals surface area contributed by atoms with Crippen molar-refractivity contribution < 1.29 is 4.79 Å². The molecular weight excluding hydrogens is 230 g/mol. The van der Waals surface area contributed by atoms with Crippen molar-refractivity contribution in [1.82, 2.24) is 4.90 Å². The van der Waals surface area contributed by atoms with Gasteiger partial charge in [-0.05, 0) is 31.0 Å². The minimum Gasteiger partial charge on any atom is -0.328 e. The van der Waals surface area contributed by atoms with Gasteiger partial charge in [0.05, 0.1) is 6.54 Å². The smallest absolute Gasteiger partial charge is 0.254 e. The third kappa shape index (κ3) is 3.54. The topological polar surface area (TPSA) is 20.3 Å². The number of terminal acetylenes is 1. The lowest BCUT2D eigenvalue weighted by atomic mass is 10.1. The molecule has 1 aromatic rings. The Bertz CT molecular complexity index is 448. The first-order chi connectivity index (χ1) is 8.10. The van der Waals surface area contributed by atoms with Crippen LogP contribution in [-0.2, 0) is 0 Å². The fraction of sp³-hybridized carbons (Fsp3) is 0.357. The van der Waals surface area contributed by atoms with Crippen LogP contribution in [0.25, 0.3) is 0 Å². The molecule has 0 N–H and O–H groups in total. The van der Waals surface area contributed by atoms with Crippen molar-refractivity contribution in [3.8, 4) is 12.3 Å². The molecular formula is C14H17NOS. The normalized spacial score (nSPS) is 9.76. The van der Waals surface area contributed by atoms with E-state index in [1.165, 1.54) is 0 Å². The lowest BCUT2D eigenvalue weighted by Crippen LogP contribution is -2.32. The molecule has 0 atom stereocenters. The van der Waals surface area contributed by atoms with E-state index in [-0.39, 0.29) is 5.91 Å². The summed E-state index contributed by atoms with van der Waals surface area (Å²) in [6.07, 6.45) is 6.18. The maximum absolute atomic E-state index is 12.3. The van der Waals surface area contributed by atoms with Gasteiger partial charge in [0.15, 0.2) is 0 Å². The second-order valence-electron chi connectivity index (χ2n) is 3.93. The van der Waals surface area contributed by atoms with Gasteiger partial charge in [0, 0.05) is 17.0 Å². The standard InChI is InChI=1S/C14H17NOS/c1-4-8-15(9-5-2)14(16)13-10-12(17)7-6-11(13)3/h1,6-7,10,17H,5,8-9H2,2-3H3. The average molecular weight is 247 g/mol. The third-order valence-electron chi connectivity index (χ3n) is 2.51. The zero-order chi connectivity index (χ0) is 12.8. The van der Waals surface area contributed by atoms with Crippen LogP contribution < -0.4 is 0 Å². The average Bonchev–Trinajstić information content (AvgIpc) is 2.31. The van der Waals surface area contributed by atoms with Crippen molar-refractivity contribution >= 4 is 18.5 Å². The fourth-order valence-corrected chi connectivity index (χ4v) is 1.85. The Labute approximate surface area is 108 Å². The highest BCUT2D eigenvalue weighted by Gasteiger charge is 2.16. The highest BCUT2D eigenvalue weighted by molar-refractivity contribution is 7.80. The Balaban J connectivity index is 3.00. The quantitative estimate of drug-likeness (QED) is 0.641. The molecule has 1 rings (SSSR count). The number of aryl methyl sites for hydroxylation is 1. The number of nitrogens with zero attached hydrogens (tertiary/aromatic N) is 1. The SMILES string of the molecule is C#CCN(CCC)C(=O)c1cc(S)ccc1C. The molecule has 0 saturated carbocycles. The lowest BCUT2D eigenvalue weighted by Gasteiger charge is -2.20. The predicted molar refractivity (Wildman–Crippen MR) is 73.5 cm³/mol. The van der Waals surface area contributed by atoms with E-state index in [0.29, 0.717) is 18.7 Å². The van der Waals surface area contributed by atoms with Gasteiger partial charge in [-0.1, -0.05) is 18.9 Å². The minimum atomic E-state index is -0.0156. The molecule has 0 aliphatic rings.